The molecule has 1 aromatic heterocycles. The molecule has 2 aromatic rings. The summed E-state index contributed by atoms with van der Waals surface area (Å²) in [6.07, 6.45) is 0.865. The topological polar surface area (TPSA) is 59.2 Å². The van der Waals surface area contributed by atoms with Crippen LogP contribution in [0.3, 0.4) is 0 Å². The number of hydrogen-bond donors (Lipinski definition) is 1. The molecule has 0 spiro atoms. The molecule has 0 fully saturated rings. The molecule has 2 rings (SSSR count). The normalized spacial score (nSPS) is 12.6. The van der Waals surface area contributed by atoms with Crippen LogP contribution in [-0.2, 0) is 0 Å². The molecule has 0 bridgehead atoms. The predicted octanol–water partition coefficient (Wildman–Crippen LogP) is 3.33. The van der Waals surface area contributed by atoms with Crippen molar-refractivity contribution < 1.29 is 9.63 Å². The molecule has 17 heavy (non-hydrogen) atoms. The first-order valence-electron chi connectivity index (χ1n) is 5.48. The fraction of sp³-hybridized carbons (Fsp3) is 0.333. The third kappa shape index (κ3) is 2.92. The highest BCUT2D eigenvalue weighted by Gasteiger charge is 2.15. The Bertz CT molecular complexity index is 499. The van der Waals surface area contributed by atoms with E-state index in [0.717, 1.165) is 16.5 Å². The van der Waals surface area contributed by atoms with Gasteiger partial charge < -0.3 is 9.63 Å². The minimum atomic E-state index is -0.648. The zero-order valence-corrected chi connectivity index (χ0v) is 11.0. The Balaban J connectivity index is 2.23. The molecule has 1 aromatic carbocycles. The highest BCUT2D eigenvalue weighted by Crippen LogP contribution is 2.23. The number of hydrogen-bond acceptors (Lipinski definition) is 4. The van der Waals surface area contributed by atoms with Crippen molar-refractivity contribution in [3.63, 3.8) is 0 Å². The van der Waals surface area contributed by atoms with Crippen molar-refractivity contribution >= 4 is 15.9 Å². The first-order chi connectivity index (χ1) is 8.20. The second kappa shape index (κ2) is 5.42. The summed E-state index contributed by atoms with van der Waals surface area (Å²) in [7, 11) is 0. The number of halogens is 1. The Morgan fingerprint density at radius 3 is 3.00 bits per heavy atom. The van der Waals surface area contributed by atoms with E-state index in [4.69, 9.17) is 4.52 Å². The first-order valence-corrected chi connectivity index (χ1v) is 6.27. The Labute approximate surface area is 108 Å². The van der Waals surface area contributed by atoms with Gasteiger partial charge in [0.15, 0.2) is 0 Å². The van der Waals surface area contributed by atoms with E-state index in [1.807, 2.05) is 31.2 Å². The monoisotopic (exact) mass is 296 g/mol. The van der Waals surface area contributed by atoms with Crippen molar-refractivity contribution in [2.75, 3.05) is 0 Å². The molecular weight excluding hydrogens is 284 g/mol. The lowest BCUT2D eigenvalue weighted by Gasteiger charge is -2.01. The van der Waals surface area contributed by atoms with E-state index in [1.165, 1.54) is 0 Å². The second-order valence-electron chi connectivity index (χ2n) is 3.77. The Morgan fingerprint density at radius 1 is 1.47 bits per heavy atom. The van der Waals surface area contributed by atoms with E-state index < -0.39 is 6.10 Å². The molecule has 0 saturated carbocycles. The van der Waals surface area contributed by atoms with Crippen LogP contribution in [0.25, 0.3) is 11.5 Å². The van der Waals surface area contributed by atoms with Gasteiger partial charge in [0.2, 0.25) is 5.82 Å². The lowest BCUT2D eigenvalue weighted by molar-refractivity contribution is 0.153. The number of benzene rings is 1. The maximum absolute atomic E-state index is 9.74. The van der Waals surface area contributed by atoms with Gasteiger partial charge in [0, 0.05) is 10.0 Å². The average molecular weight is 297 g/mol. The van der Waals surface area contributed by atoms with Gasteiger partial charge in [0.25, 0.3) is 5.89 Å². The molecule has 90 valence electrons. The molecule has 0 aliphatic carbocycles. The summed E-state index contributed by atoms with van der Waals surface area (Å²) in [5, 5.41) is 13.5. The third-order valence-corrected chi connectivity index (χ3v) is 2.87. The maximum Gasteiger partial charge on any atom is 0.258 e. The van der Waals surface area contributed by atoms with Gasteiger partial charge in [-0.15, -0.1) is 0 Å². The molecule has 0 radical (unpaired) electrons. The van der Waals surface area contributed by atoms with Crippen LogP contribution in [0.2, 0.25) is 0 Å². The third-order valence-electron chi connectivity index (χ3n) is 2.37. The summed E-state index contributed by atoms with van der Waals surface area (Å²) in [5.41, 5.74) is 0.835. The fourth-order valence-corrected chi connectivity index (χ4v) is 1.91. The average Bonchev–Trinajstić information content (AvgIpc) is 2.78. The van der Waals surface area contributed by atoms with E-state index in [-0.39, 0.29) is 0 Å². The van der Waals surface area contributed by atoms with Crippen molar-refractivity contribution in [3.8, 4) is 11.5 Å². The van der Waals surface area contributed by atoms with E-state index >= 15 is 0 Å². The highest BCUT2D eigenvalue weighted by molar-refractivity contribution is 9.10. The molecule has 0 aliphatic heterocycles. The number of aromatic nitrogens is 2. The van der Waals surface area contributed by atoms with Crippen LogP contribution in [0.1, 0.15) is 31.7 Å². The standard InChI is InChI=1S/C12H13BrN2O2/c1-2-4-10(16)11-14-12(17-15-11)8-5-3-6-9(13)7-8/h3,5-7,10,16H,2,4H2,1H3. The molecule has 0 saturated heterocycles. The molecule has 1 N–H and O–H groups in total. The Kier molecular flexibility index (Phi) is 3.91. The Morgan fingerprint density at radius 2 is 2.29 bits per heavy atom. The van der Waals surface area contributed by atoms with Crippen molar-refractivity contribution in [3.05, 3.63) is 34.6 Å². The van der Waals surface area contributed by atoms with E-state index in [0.29, 0.717) is 18.1 Å². The second-order valence-corrected chi connectivity index (χ2v) is 4.69. The summed E-state index contributed by atoms with van der Waals surface area (Å²) < 4.78 is 6.08. The zero-order valence-electron chi connectivity index (χ0n) is 9.43. The largest absolute Gasteiger partial charge is 0.385 e. The first kappa shape index (κ1) is 12.3. The minimum Gasteiger partial charge on any atom is -0.385 e. The summed E-state index contributed by atoms with van der Waals surface area (Å²) in [4.78, 5) is 4.19. The van der Waals surface area contributed by atoms with E-state index in [1.54, 1.807) is 0 Å². The van der Waals surface area contributed by atoms with Gasteiger partial charge in [-0.2, -0.15) is 4.98 Å². The van der Waals surface area contributed by atoms with Gasteiger partial charge in [0.05, 0.1) is 0 Å². The van der Waals surface area contributed by atoms with Gasteiger partial charge in [-0.05, 0) is 24.6 Å². The number of aliphatic hydroxyl groups is 1. The highest BCUT2D eigenvalue weighted by atomic mass is 79.9. The minimum absolute atomic E-state index is 0.349. The fourth-order valence-electron chi connectivity index (χ4n) is 1.51. The summed E-state index contributed by atoms with van der Waals surface area (Å²) in [6.45, 7) is 2.00. The van der Waals surface area contributed by atoms with Crippen molar-refractivity contribution in [1.29, 1.82) is 0 Å². The van der Waals surface area contributed by atoms with Gasteiger partial charge in [-0.3, -0.25) is 0 Å². The van der Waals surface area contributed by atoms with Crippen LogP contribution in [0.4, 0.5) is 0 Å². The van der Waals surface area contributed by atoms with E-state index in [9.17, 15) is 5.11 Å². The number of nitrogens with zero attached hydrogens (tertiary/aromatic N) is 2. The quantitative estimate of drug-likeness (QED) is 0.940. The number of aliphatic hydroxyl groups excluding tert-OH is 1. The van der Waals surface area contributed by atoms with Gasteiger partial charge in [0.1, 0.15) is 6.10 Å². The summed E-state index contributed by atoms with van der Waals surface area (Å²) in [5.74, 6) is 0.776. The van der Waals surface area contributed by atoms with Crippen molar-refractivity contribution in [2.45, 2.75) is 25.9 Å². The maximum atomic E-state index is 9.74. The molecule has 0 amide bonds. The lowest BCUT2D eigenvalue weighted by Crippen LogP contribution is -1.98. The summed E-state index contributed by atoms with van der Waals surface area (Å²) in [6, 6.07) is 7.59. The zero-order chi connectivity index (χ0) is 12.3. The van der Waals surface area contributed by atoms with E-state index in [2.05, 4.69) is 26.1 Å². The summed E-state index contributed by atoms with van der Waals surface area (Å²) >= 11 is 3.38. The van der Waals surface area contributed by atoms with Crippen LogP contribution in [0, 0.1) is 0 Å². The van der Waals surface area contributed by atoms with Crippen molar-refractivity contribution in [1.82, 2.24) is 10.1 Å². The number of rotatable bonds is 4. The molecule has 5 heteroatoms. The molecule has 1 unspecified atom stereocenters. The predicted molar refractivity (Wildman–Crippen MR) is 67.3 cm³/mol. The van der Waals surface area contributed by atoms with Gasteiger partial charge in [-0.1, -0.05) is 40.5 Å². The Hall–Kier alpha value is -1.20. The van der Waals surface area contributed by atoms with Crippen LogP contribution in [0.15, 0.2) is 33.3 Å². The molecule has 0 aliphatic rings. The van der Waals surface area contributed by atoms with Gasteiger partial charge >= 0.3 is 0 Å². The molecule has 1 heterocycles. The van der Waals surface area contributed by atoms with Crippen molar-refractivity contribution in [2.24, 2.45) is 0 Å². The van der Waals surface area contributed by atoms with Crippen LogP contribution in [-0.4, -0.2) is 15.2 Å². The smallest absolute Gasteiger partial charge is 0.258 e. The lowest BCUT2D eigenvalue weighted by atomic mass is 10.2. The van der Waals surface area contributed by atoms with Crippen LogP contribution >= 0.6 is 15.9 Å². The van der Waals surface area contributed by atoms with Crippen LogP contribution < -0.4 is 0 Å². The SMILES string of the molecule is CCCC(O)c1noc(-c2cccc(Br)c2)n1. The molecular formula is C12H13BrN2O2. The van der Waals surface area contributed by atoms with Crippen LogP contribution in [0.5, 0.6) is 0 Å². The van der Waals surface area contributed by atoms with Gasteiger partial charge in [-0.25, -0.2) is 0 Å². The molecule has 1 atom stereocenters. The molecule has 4 nitrogen and oxygen atoms in total.